The van der Waals surface area contributed by atoms with Crippen LogP contribution in [0.15, 0.2) is 24.3 Å². The van der Waals surface area contributed by atoms with Gasteiger partial charge in [0.25, 0.3) is 0 Å². The molecular weight excluding hydrogens is 394 g/mol. The molecule has 4 rings (SSSR count). The Morgan fingerprint density at radius 2 is 1.90 bits per heavy atom. The zero-order valence-electron chi connectivity index (χ0n) is 18.3. The molecule has 2 heterocycles. The Morgan fingerprint density at radius 3 is 2.71 bits per heavy atom. The molecule has 0 spiro atoms. The molecule has 4 N–H and O–H groups in total. The van der Waals surface area contributed by atoms with Crippen LogP contribution in [0.4, 0.5) is 0 Å². The molecule has 1 aliphatic carbocycles. The van der Waals surface area contributed by atoms with Crippen molar-refractivity contribution < 1.29 is 14.4 Å². The van der Waals surface area contributed by atoms with Crippen molar-refractivity contribution in [2.75, 3.05) is 13.6 Å². The molecule has 3 aliphatic rings. The first kappa shape index (κ1) is 21.8. The van der Waals surface area contributed by atoms with Crippen molar-refractivity contribution in [2.45, 2.75) is 75.8 Å². The molecular formula is C23H33N5O3. The van der Waals surface area contributed by atoms with Crippen molar-refractivity contribution in [1.29, 1.82) is 0 Å². The Bertz CT molecular complexity index is 844. The number of nitrogens with one attached hydrogen (secondary N) is 4. The molecule has 0 saturated carbocycles. The first-order chi connectivity index (χ1) is 15.0. The molecule has 8 nitrogen and oxygen atoms in total. The fourth-order valence-electron chi connectivity index (χ4n) is 5.01. The van der Waals surface area contributed by atoms with Gasteiger partial charge in [-0.1, -0.05) is 24.3 Å². The summed E-state index contributed by atoms with van der Waals surface area (Å²) in [7, 11) is 1.71. The van der Waals surface area contributed by atoms with Gasteiger partial charge in [0.1, 0.15) is 12.1 Å². The normalized spacial score (nSPS) is 28.8. The number of hydrogen-bond donors (Lipinski definition) is 4. The smallest absolute Gasteiger partial charge is 0.247 e. The van der Waals surface area contributed by atoms with Gasteiger partial charge in [0, 0.05) is 0 Å². The van der Waals surface area contributed by atoms with E-state index in [4.69, 9.17) is 0 Å². The second-order valence-electron chi connectivity index (χ2n) is 8.82. The molecule has 1 aromatic rings. The van der Waals surface area contributed by atoms with Crippen molar-refractivity contribution >= 4 is 17.7 Å². The first-order valence-electron chi connectivity index (χ1n) is 11.4. The highest BCUT2D eigenvalue weighted by Gasteiger charge is 2.45. The molecule has 8 heteroatoms. The summed E-state index contributed by atoms with van der Waals surface area (Å²) in [6.45, 7) is 2.38. The number of benzene rings is 1. The van der Waals surface area contributed by atoms with Gasteiger partial charge < -0.3 is 20.9 Å². The number of carbonyl (C=O) groups excluding carboxylic acids is 3. The number of rotatable bonds is 5. The van der Waals surface area contributed by atoms with Crippen LogP contribution in [-0.2, 0) is 20.8 Å². The maximum absolute atomic E-state index is 13.3. The summed E-state index contributed by atoms with van der Waals surface area (Å²) in [5.41, 5.74) is 2.47. The van der Waals surface area contributed by atoms with Crippen LogP contribution in [0.2, 0.25) is 0 Å². The van der Waals surface area contributed by atoms with E-state index in [0.29, 0.717) is 19.4 Å². The zero-order chi connectivity index (χ0) is 22.0. The third kappa shape index (κ3) is 4.45. The van der Waals surface area contributed by atoms with Crippen LogP contribution in [0.1, 0.15) is 56.2 Å². The van der Waals surface area contributed by atoms with Gasteiger partial charge in [0.05, 0.1) is 18.2 Å². The van der Waals surface area contributed by atoms with Crippen molar-refractivity contribution in [3.63, 3.8) is 0 Å². The van der Waals surface area contributed by atoms with Crippen LogP contribution in [0, 0.1) is 0 Å². The average Bonchev–Trinajstić information content (AvgIpc) is 3.15. The molecule has 2 fully saturated rings. The monoisotopic (exact) mass is 427 g/mol. The van der Waals surface area contributed by atoms with E-state index in [-0.39, 0.29) is 36.0 Å². The molecule has 2 aliphatic heterocycles. The Balaban J connectivity index is 1.47. The van der Waals surface area contributed by atoms with Gasteiger partial charge in [-0.25, -0.2) is 0 Å². The van der Waals surface area contributed by atoms with E-state index in [9.17, 15) is 14.4 Å². The van der Waals surface area contributed by atoms with E-state index in [1.807, 2.05) is 12.1 Å². The molecule has 2 saturated heterocycles. The Labute approximate surface area is 183 Å². The fraction of sp³-hybridized carbons (Fsp3) is 0.609. The summed E-state index contributed by atoms with van der Waals surface area (Å²) in [6, 6.07) is 6.72. The maximum atomic E-state index is 13.3. The van der Waals surface area contributed by atoms with Crippen LogP contribution >= 0.6 is 0 Å². The van der Waals surface area contributed by atoms with E-state index >= 15 is 0 Å². The number of fused-ring (bicyclic) bond motifs is 2. The van der Waals surface area contributed by atoms with Gasteiger partial charge in [-0.2, -0.15) is 0 Å². The summed E-state index contributed by atoms with van der Waals surface area (Å²) in [5.74, 6) is -0.485. The largest absolute Gasteiger partial charge is 0.347 e. The maximum Gasteiger partial charge on any atom is 0.247 e. The minimum absolute atomic E-state index is 0.0153. The minimum atomic E-state index is -0.621. The van der Waals surface area contributed by atoms with Crippen LogP contribution in [0.25, 0.3) is 0 Å². The zero-order valence-corrected chi connectivity index (χ0v) is 18.3. The predicted octanol–water partition coefficient (Wildman–Crippen LogP) is 0.583. The van der Waals surface area contributed by atoms with Crippen molar-refractivity contribution in [3.8, 4) is 0 Å². The van der Waals surface area contributed by atoms with Crippen LogP contribution in [-0.4, -0.2) is 60.5 Å². The lowest BCUT2D eigenvalue weighted by Crippen LogP contribution is -2.57. The van der Waals surface area contributed by atoms with E-state index in [1.54, 1.807) is 18.9 Å². The third-order valence-corrected chi connectivity index (χ3v) is 6.88. The summed E-state index contributed by atoms with van der Waals surface area (Å²) in [6.07, 6.45) is 4.69. The summed E-state index contributed by atoms with van der Waals surface area (Å²) < 4.78 is 0. The Morgan fingerprint density at radius 1 is 1.10 bits per heavy atom. The number of aryl methyl sites for hydroxylation is 1. The SMILES string of the molecule is CN[C@@H](C)C(=O)N[C@H]1CCNC2CCC(C(=O)N[C@@H]3CCCc4ccccc43)N2C1=O. The number of amides is 3. The summed E-state index contributed by atoms with van der Waals surface area (Å²) >= 11 is 0. The lowest BCUT2D eigenvalue weighted by atomic mass is 9.87. The average molecular weight is 428 g/mol. The van der Waals surface area contributed by atoms with Gasteiger partial charge in [0.2, 0.25) is 17.7 Å². The van der Waals surface area contributed by atoms with Crippen LogP contribution in [0.5, 0.6) is 0 Å². The molecule has 1 aromatic carbocycles. The van der Waals surface area contributed by atoms with Crippen LogP contribution < -0.4 is 21.3 Å². The standard InChI is InChI=1S/C23H33N5O3/c1-14(24-2)21(29)27-18-12-13-25-20-11-10-19(28(20)23(18)31)22(30)26-17-9-5-7-15-6-3-4-8-16(15)17/h3-4,6,8,14,17-20,24-25H,5,7,9-13H2,1-2H3,(H,26,30)(H,27,29)/t14-,17+,18-,19?,20?/m0/s1. The predicted molar refractivity (Wildman–Crippen MR) is 117 cm³/mol. The summed E-state index contributed by atoms with van der Waals surface area (Å²) in [4.78, 5) is 40.7. The molecule has 31 heavy (non-hydrogen) atoms. The minimum Gasteiger partial charge on any atom is -0.347 e. The van der Waals surface area contributed by atoms with E-state index in [1.165, 1.54) is 11.1 Å². The van der Waals surface area contributed by atoms with Crippen LogP contribution in [0.3, 0.4) is 0 Å². The third-order valence-electron chi connectivity index (χ3n) is 6.88. The van der Waals surface area contributed by atoms with E-state index in [2.05, 4.69) is 33.4 Å². The summed E-state index contributed by atoms with van der Waals surface area (Å²) in [5, 5.41) is 12.4. The highest BCUT2D eigenvalue weighted by molar-refractivity contribution is 5.94. The molecule has 2 unspecified atom stereocenters. The molecule has 168 valence electrons. The lowest BCUT2D eigenvalue weighted by Gasteiger charge is -2.33. The highest BCUT2D eigenvalue weighted by atomic mass is 16.2. The molecule has 0 radical (unpaired) electrons. The van der Waals surface area contributed by atoms with Crippen molar-refractivity contribution in [3.05, 3.63) is 35.4 Å². The fourth-order valence-corrected chi connectivity index (χ4v) is 5.01. The van der Waals surface area contributed by atoms with Crippen molar-refractivity contribution in [2.24, 2.45) is 0 Å². The molecule has 5 atom stereocenters. The van der Waals surface area contributed by atoms with Crippen molar-refractivity contribution in [1.82, 2.24) is 26.2 Å². The van der Waals surface area contributed by atoms with E-state index < -0.39 is 12.1 Å². The molecule has 0 bridgehead atoms. The Hall–Kier alpha value is -2.45. The van der Waals surface area contributed by atoms with Gasteiger partial charge >= 0.3 is 0 Å². The number of carbonyl (C=O) groups is 3. The number of hydrogen-bond acceptors (Lipinski definition) is 5. The van der Waals surface area contributed by atoms with Gasteiger partial charge in [-0.15, -0.1) is 0 Å². The topological polar surface area (TPSA) is 103 Å². The molecule has 0 aromatic heterocycles. The van der Waals surface area contributed by atoms with Gasteiger partial charge in [-0.05, 0) is 70.2 Å². The molecule has 3 amide bonds. The quantitative estimate of drug-likeness (QED) is 0.551. The number of nitrogens with zero attached hydrogens (tertiary/aromatic N) is 1. The number of likely N-dealkylation sites (N-methyl/N-ethyl adjacent to an activating group) is 1. The van der Waals surface area contributed by atoms with Gasteiger partial charge in [-0.3, -0.25) is 19.7 Å². The lowest BCUT2D eigenvalue weighted by molar-refractivity contribution is -0.143. The Kier molecular flexibility index (Phi) is 6.57. The van der Waals surface area contributed by atoms with E-state index in [0.717, 1.165) is 25.7 Å². The first-order valence-corrected chi connectivity index (χ1v) is 11.4. The van der Waals surface area contributed by atoms with Gasteiger partial charge in [0.15, 0.2) is 0 Å². The second kappa shape index (κ2) is 9.36. The highest BCUT2D eigenvalue weighted by Crippen LogP contribution is 2.31. The second-order valence-corrected chi connectivity index (χ2v) is 8.82.